The Labute approximate surface area is 91.9 Å². The molecule has 0 aliphatic rings. The van der Waals surface area contributed by atoms with E-state index in [4.69, 9.17) is 23.2 Å². The van der Waals surface area contributed by atoms with E-state index < -0.39 is 0 Å². The van der Waals surface area contributed by atoms with Crippen LogP contribution < -0.4 is 0 Å². The number of hydrogen-bond acceptors (Lipinski definition) is 2. The topological polar surface area (TPSA) is 29.4 Å². The molecular formula is C10H7Cl2NO. The van der Waals surface area contributed by atoms with E-state index in [-0.39, 0.29) is 5.16 Å². The lowest BCUT2D eigenvalue weighted by Crippen LogP contribution is -1.85. The number of halogens is 2. The van der Waals surface area contributed by atoms with Gasteiger partial charge in [0, 0.05) is 6.42 Å². The molecule has 0 unspecified atom stereocenters. The largest absolute Gasteiger partial charge is 0.241 e. The summed E-state index contributed by atoms with van der Waals surface area (Å²) in [4.78, 5) is 13.1. The molecule has 0 atom stereocenters. The van der Waals surface area contributed by atoms with Crippen LogP contribution in [-0.4, -0.2) is 6.08 Å². The summed E-state index contributed by atoms with van der Waals surface area (Å²) in [6, 6.07) is 9.54. The van der Waals surface area contributed by atoms with Crippen LogP contribution >= 0.6 is 23.2 Å². The van der Waals surface area contributed by atoms with Crippen LogP contribution in [0.1, 0.15) is 5.56 Å². The third-order valence-corrected chi connectivity index (χ3v) is 2.29. The molecule has 0 bridgehead atoms. The van der Waals surface area contributed by atoms with Crippen LogP contribution in [0.3, 0.4) is 0 Å². The molecule has 1 aromatic rings. The van der Waals surface area contributed by atoms with Gasteiger partial charge in [-0.1, -0.05) is 53.5 Å². The summed E-state index contributed by atoms with van der Waals surface area (Å²) < 4.78 is 0. The summed E-state index contributed by atoms with van der Waals surface area (Å²) in [7, 11) is 0. The van der Waals surface area contributed by atoms with E-state index >= 15 is 0 Å². The lowest BCUT2D eigenvalue weighted by Gasteiger charge is -1.99. The van der Waals surface area contributed by atoms with E-state index in [0.29, 0.717) is 11.5 Å². The fraction of sp³-hybridized carbons (Fsp3) is 0.100. The molecule has 0 N–H and O–H groups in total. The number of benzene rings is 1. The summed E-state index contributed by atoms with van der Waals surface area (Å²) >= 11 is 11.4. The van der Waals surface area contributed by atoms with Crippen molar-refractivity contribution in [3.8, 4) is 0 Å². The van der Waals surface area contributed by atoms with Gasteiger partial charge in [-0.05, 0) is 5.56 Å². The zero-order chi connectivity index (χ0) is 10.4. The highest BCUT2D eigenvalue weighted by molar-refractivity contribution is 6.39. The van der Waals surface area contributed by atoms with Crippen molar-refractivity contribution in [2.75, 3.05) is 0 Å². The van der Waals surface area contributed by atoms with Crippen LogP contribution in [0.4, 0.5) is 0 Å². The van der Waals surface area contributed by atoms with Gasteiger partial charge in [-0.3, -0.25) is 0 Å². The molecule has 0 saturated heterocycles. The first kappa shape index (κ1) is 11.0. The zero-order valence-corrected chi connectivity index (χ0v) is 8.72. The molecule has 0 heterocycles. The molecule has 0 saturated carbocycles. The first-order valence-corrected chi connectivity index (χ1v) is 4.65. The minimum absolute atomic E-state index is 0.00878. The molecule has 4 heteroatoms. The minimum atomic E-state index is -0.00878. The molecule has 14 heavy (non-hydrogen) atoms. The molecule has 0 radical (unpaired) electrons. The number of aliphatic imine (C=N–C) groups is 1. The number of allylic oxidation sites excluding steroid dienone is 1. The van der Waals surface area contributed by atoms with E-state index in [2.05, 4.69) is 4.99 Å². The zero-order valence-electron chi connectivity index (χ0n) is 7.21. The van der Waals surface area contributed by atoms with E-state index in [0.717, 1.165) is 5.56 Å². The highest BCUT2D eigenvalue weighted by atomic mass is 35.5. The summed E-state index contributed by atoms with van der Waals surface area (Å²) in [6.07, 6.45) is 1.80. The average Bonchev–Trinajstić information content (AvgIpc) is 2.19. The molecule has 0 fully saturated rings. The maximum atomic E-state index is 9.90. The highest BCUT2D eigenvalue weighted by Crippen LogP contribution is 2.19. The molecule has 1 rings (SSSR count). The number of nitrogens with zero attached hydrogens (tertiary/aromatic N) is 1. The van der Waals surface area contributed by atoms with Gasteiger partial charge in [0.2, 0.25) is 6.08 Å². The van der Waals surface area contributed by atoms with Gasteiger partial charge in [-0.2, -0.15) is 4.99 Å². The van der Waals surface area contributed by atoms with Crippen LogP contribution in [0.5, 0.6) is 0 Å². The van der Waals surface area contributed by atoms with Crippen molar-refractivity contribution >= 4 is 29.3 Å². The van der Waals surface area contributed by atoms with Crippen LogP contribution in [-0.2, 0) is 11.2 Å². The summed E-state index contributed by atoms with van der Waals surface area (Å²) in [5, 5.41) is 0.326. The number of hydrogen-bond donors (Lipinski definition) is 0. The van der Waals surface area contributed by atoms with Gasteiger partial charge in [-0.25, -0.2) is 4.79 Å². The van der Waals surface area contributed by atoms with E-state index in [9.17, 15) is 4.79 Å². The van der Waals surface area contributed by atoms with Crippen molar-refractivity contribution in [1.29, 1.82) is 0 Å². The van der Waals surface area contributed by atoms with Crippen LogP contribution in [0.2, 0.25) is 0 Å². The van der Waals surface area contributed by atoms with Crippen molar-refractivity contribution < 1.29 is 4.79 Å². The number of carbonyl (C=O) groups excluding carboxylic acids is 1. The second-order valence-corrected chi connectivity index (χ2v) is 3.38. The smallest absolute Gasteiger partial charge is 0.211 e. The van der Waals surface area contributed by atoms with Gasteiger partial charge in [0.05, 0.1) is 5.03 Å². The Morgan fingerprint density at radius 2 is 1.93 bits per heavy atom. The van der Waals surface area contributed by atoms with Gasteiger partial charge in [-0.15, -0.1) is 0 Å². The van der Waals surface area contributed by atoms with E-state index in [1.807, 2.05) is 30.3 Å². The second-order valence-electron chi connectivity index (χ2n) is 2.56. The molecule has 2 nitrogen and oxygen atoms in total. The Balaban J connectivity index is 2.80. The van der Waals surface area contributed by atoms with Gasteiger partial charge < -0.3 is 0 Å². The van der Waals surface area contributed by atoms with Crippen LogP contribution in [0.25, 0.3) is 0 Å². The standard InChI is InChI=1S/C10H7Cl2NO/c11-9(10(12)13-7-14)6-8-4-2-1-3-5-8/h1-5H,6H2/b10-9-. The summed E-state index contributed by atoms with van der Waals surface area (Å²) in [5.74, 6) is 0. The minimum Gasteiger partial charge on any atom is -0.211 e. The second kappa shape index (κ2) is 5.61. The molecular weight excluding hydrogens is 221 g/mol. The van der Waals surface area contributed by atoms with Gasteiger partial charge in [0.25, 0.3) is 0 Å². The van der Waals surface area contributed by atoms with Crippen molar-refractivity contribution in [2.45, 2.75) is 6.42 Å². The molecule has 72 valence electrons. The normalized spacial score (nSPS) is 11.6. The lowest BCUT2D eigenvalue weighted by molar-refractivity contribution is 0.565. The van der Waals surface area contributed by atoms with E-state index in [1.54, 1.807) is 0 Å². The maximum absolute atomic E-state index is 9.90. The SMILES string of the molecule is O=C=N/C(Cl)=C(\Cl)Cc1ccccc1. The molecule has 0 aliphatic heterocycles. The summed E-state index contributed by atoms with van der Waals surface area (Å²) in [5.41, 5.74) is 1.01. The van der Waals surface area contributed by atoms with Gasteiger partial charge in [0.15, 0.2) is 5.16 Å². The number of isocyanates is 1. The first-order chi connectivity index (χ1) is 6.74. The van der Waals surface area contributed by atoms with Crippen molar-refractivity contribution in [3.05, 3.63) is 46.1 Å². The van der Waals surface area contributed by atoms with Crippen molar-refractivity contribution in [2.24, 2.45) is 4.99 Å². The molecule has 1 aromatic carbocycles. The fourth-order valence-electron chi connectivity index (χ4n) is 0.949. The molecule has 0 amide bonds. The van der Waals surface area contributed by atoms with Crippen LogP contribution in [0, 0.1) is 0 Å². The van der Waals surface area contributed by atoms with Crippen LogP contribution in [0.15, 0.2) is 45.5 Å². The molecule has 0 spiro atoms. The molecule has 0 aliphatic carbocycles. The Morgan fingerprint density at radius 3 is 2.50 bits per heavy atom. The van der Waals surface area contributed by atoms with Gasteiger partial charge >= 0.3 is 0 Å². The predicted molar refractivity (Wildman–Crippen MR) is 57.0 cm³/mol. The predicted octanol–water partition coefficient (Wildman–Crippen LogP) is 3.21. The van der Waals surface area contributed by atoms with E-state index in [1.165, 1.54) is 6.08 Å². The fourth-order valence-corrected chi connectivity index (χ4v) is 1.25. The third-order valence-electron chi connectivity index (χ3n) is 1.57. The monoisotopic (exact) mass is 227 g/mol. The van der Waals surface area contributed by atoms with Crippen molar-refractivity contribution in [1.82, 2.24) is 0 Å². The quantitative estimate of drug-likeness (QED) is 0.443. The molecule has 0 aromatic heterocycles. The Bertz CT molecular complexity index is 380. The van der Waals surface area contributed by atoms with Gasteiger partial charge in [0.1, 0.15) is 0 Å². The Morgan fingerprint density at radius 1 is 1.29 bits per heavy atom. The number of rotatable bonds is 3. The Kier molecular flexibility index (Phi) is 4.41. The lowest BCUT2D eigenvalue weighted by atomic mass is 10.1. The highest BCUT2D eigenvalue weighted by Gasteiger charge is 2.01. The maximum Gasteiger partial charge on any atom is 0.241 e. The Hall–Kier alpha value is -1.08. The first-order valence-electron chi connectivity index (χ1n) is 3.90. The average molecular weight is 228 g/mol. The summed E-state index contributed by atoms with van der Waals surface area (Å²) in [6.45, 7) is 0. The third kappa shape index (κ3) is 3.35. The van der Waals surface area contributed by atoms with Crippen molar-refractivity contribution in [3.63, 3.8) is 0 Å².